The molecule has 1 aliphatic heterocycles. The van der Waals surface area contributed by atoms with Crippen LogP contribution in [0, 0.1) is 0 Å². The van der Waals surface area contributed by atoms with Crippen molar-refractivity contribution in [3.8, 4) is 0 Å². The van der Waals surface area contributed by atoms with Crippen LogP contribution in [0.25, 0.3) is 0 Å². The van der Waals surface area contributed by atoms with Crippen LogP contribution in [-0.4, -0.2) is 29.6 Å². The largest absolute Gasteiger partial charge is 0.343 e. The predicted octanol–water partition coefficient (Wildman–Crippen LogP) is 1.32. The van der Waals surface area contributed by atoms with Crippen molar-refractivity contribution in [2.24, 2.45) is 0 Å². The number of thiol groups is 1. The molecule has 2 nitrogen and oxygen atoms in total. The summed E-state index contributed by atoms with van der Waals surface area (Å²) in [6.07, 6.45) is 3.97. The fourth-order valence-corrected chi connectivity index (χ4v) is 1.51. The maximum atomic E-state index is 11.3. The number of hydrogen-bond acceptors (Lipinski definition) is 2. The van der Waals surface area contributed by atoms with E-state index in [1.165, 1.54) is 12.8 Å². The van der Waals surface area contributed by atoms with Crippen molar-refractivity contribution in [2.45, 2.75) is 25.7 Å². The van der Waals surface area contributed by atoms with Crippen LogP contribution in [0.3, 0.4) is 0 Å². The first-order valence-corrected chi connectivity index (χ1v) is 4.86. The summed E-state index contributed by atoms with van der Waals surface area (Å²) in [6, 6.07) is 0. The Labute approximate surface area is 73.4 Å². The van der Waals surface area contributed by atoms with Crippen molar-refractivity contribution in [3.05, 3.63) is 0 Å². The second-order valence-electron chi connectivity index (χ2n) is 2.92. The van der Waals surface area contributed by atoms with Gasteiger partial charge in [0.25, 0.3) is 0 Å². The van der Waals surface area contributed by atoms with Crippen molar-refractivity contribution in [1.29, 1.82) is 0 Å². The van der Waals surface area contributed by atoms with Gasteiger partial charge < -0.3 is 4.90 Å². The molecule has 64 valence electrons. The first-order valence-electron chi connectivity index (χ1n) is 4.23. The molecule has 0 radical (unpaired) electrons. The molecule has 0 aliphatic carbocycles. The average molecular weight is 173 g/mol. The zero-order valence-corrected chi connectivity index (χ0v) is 7.65. The second kappa shape index (κ2) is 4.65. The van der Waals surface area contributed by atoms with Crippen molar-refractivity contribution < 1.29 is 4.79 Å². The molecule has 3 heteroatoms. The number of nitrogens with zero attached hydrogens (tertiary/aromatic N) is 1. The molecular weight excluding hydrogens is 158 g/mol. The number of rotatable bonds is 3. The average Bonchev–Trinajstić information content (AvgIpc) is 2.52. The SMILES string of the molecule is O=C(CCCS)N1CCCC1. The van der Waals surface area contributed by atoms with E-state index < -0.39 is 0 Å². The molecular formula is C8H15NOS. The molecule has 0 spiro atoms. The Balaban J connectivity index is 2.17. The van der Waals surface area contributed by atoms with Gasteiger partial charge in [-0.15, -0.1) is 0 Å². The van der Waals surface area contributed by atoms with Gasteiger partial charge in [0.05, 0.1) is 0 Å². The minimum absolute atomic E-state index is 0.316. The molecule has 0 unspecified atom stereocenters. The first-order chi connectivity index (χ1) is 5.34. The molecule has 0 atom stereocenters. The van der Waals surface area contributed by atoms with Crippen LogP contribution in [0.1, 0.15) is 25.7 Å². The number of likely N-dealkylation sites (tertiary alicyclic amines) is 1. The molecule has 11 heavy (non-hydrogen) atoms. The van der Waals surface area contributed by atoms with E-state index in [4.69, 9.17) is 0 Å². The van der Waals surface area contributed by atoms with E-state index in [2.05, 4.69) is 12.6 Å². The minimum atomic E-state index is 0.316. The quantitative estimate of drug-likeness (QED) is 0.638. The van der Waals surface area contributed by atoms with Crippen LogP contribution in [-0.2, 0) is 4.79 Å². The highest BCUT2D eigenvalue weighted by Crippen LogP contribution is 2.09. The van der Waals surface area contributed by atoms with Crippen LogP contribution in [0.4, 0.5) is 0 Å². The molecule has 0 aromatic carbocycles. The van der Waals surface area contributed by atoms with E-state index in [-0.39, 0.29) is 0 Å². The smallest absolute Gasteiger partial charge is 0.222 e. The Hall–Kier alpha value is -0.180. The zero-order chi connectivity index (χ0) is 8.10. The second-order valence-corrected chi connectivity index (χ2v) is 3.36. The molecule has 1 rings (SSSR count). The molecule has 0 aromatic rings. The molecule has 1 aliphatic rings. The predicted molar refractivity (Wildman–Crippen MR) is 48.9 cm³/mol. The molecule has 0 aromatic heterocycles. The van der Waals surface area contributed by atoms with Gasteiger partial charge >= 0.3 is 0 Å². The number of hydrogen-bond donors (Lipinski definition) is 1. The minimum Gasteiger partial charge on any atom is -0.343 e. The van der Waals surface area contributed by atoms with Crippen LogP contribution in [0.15, 0.2) is 0 Å². The van der Waals surface area contributed by atoms with Crippen LogP contribution in [0.5, 0.6) is 0 Å². The van der Waals surface area contributed by atoms with Gasteiger partial charge in [0.2, 0.25) is 5.91 Å². The Morgan fingerprint density at radius 3 is 2.55 bits per heavy atom. The number of carbonyl (C=O) groups excluding carboxylic acids is 1. The normalized spacial score (nSPS) is 17.4. The van der Waals surface area contributed by atoms with Gasteiger partial charge in [-0.3, -0.25) is 4.79 Å². The third-order valence-corrected chi connectivity index (χ3v) is 2.32. The van der Waals surface area contributed by atoms with Crippen molar-refractivity contribution >= 4 is 18.5 Å². The highest BCUT2D eigenvalue weighted by atomic mass is 32.1. The van der Waals surface area contributed by atoms with Crippen LogP contribution in [0.2, 0.25) is 0 Å². The number of amides is 1. The molecule has 1 fully saturated rings. The van der Waals surface area contributed by atoms with E-state index in [9.17, 15) is 4.79 Å². The summed E-state index contributed by atoms with van der Waals surface area (Å²) in [4.78, 5) is 13.3. The Morgan fingerprint density at radius 2 is 2.00 bits per heavy atom. The summed E-state index contributed by atoms with van der Waals surface area (Å²) in [7, 11) is 0. The van der Waals surface area contributed by atoms with Gasteiger partial charge in [-0.1, -0.05) is 0 Å². The lowest BCUT2D eigenvalue weighted by molar-refractivity contribution is -0.130. The maximum absolute atomic E-state index is 11.3. The van der Waals surface area contributed by atoms with Gasteiger partial charge in [-0.2, -0.15) is 12.6 Å². The Morgan fingerprint density at radius 1 is 1.36 bits per heavy atom. The topological polar surface area (TPSA) is 20.3 Å². The molecule has 0 N–H and O–H groups in total. The molecule has 0 bridgehead atoms. The summed E-state index contributed by atoms with van der Waals surface area (Å²) in [6.45, 7) is 1.96. The Kier molecular flexibility index (Phi) is 3.77. The van der Waals surface area contributed by atoms with E-state index >= 15 is 0 Å². The van der Waals surface area contributed by atoms with Gasteiger partial charge in [0, 0.05) is 19.5 Å². The summed E-state index contributed by atoms with van der Waals surface area (Å²) in [5.74, 6) is 1.14. The molecule has 1 amide bonds. The summed E-state index contributed by atoms with van der Waals surface area (Å²) < 4.78 is 0. The lowest BCUT2D eigenvalue weighted by Crippen LogP contribution is -2.27. The summed E-state index contributed by atoms with van der Waals surface area (Å²) in [5.41, 5.74) is 0. The van der Waals surface area contributed by atoms with Gasteiger partial charge in [-0.05, 0) is 25.0 Å². The van der Waals surface area contributed by atoms with Crippen molar-refractivity contribution in [2.75, 3.05) is 18.8 Å². The third-order valence-electron chi connectivity index (χ3n) is 2.01. The van der Waals surface area contributed by atoms with Crippen LogP contribution < -0.4 is 0 Å². The monoisotopic (exact) mass is 173 g/mol. The summed E-state index contributed by atoms with van der Waals surface area (Å²) >= 11 is 4.07. The lowest BCUT2D eigenvalue weighted by atomic mass is 10.3. The van der Waals surface area contributed by atoms with Gasteiger partial charge in [0.15, 0.2) is 0 Å². The van der Waals surface area contributed by atoms with Crippen molar-refractivity contribution in [3.63, 3.8) is 0 Å². The lowest BCUT2D eigenvalue weighted by Gasteiger charge is -2.14. The maximum Gasteiger partial charge on any atom is 0.222 e. The Bertz CT molecular complexity index is 132. The van der Waals surface area contributed by atoms with E-state index in [1.54, 1.807) is 0 Å². The van der Waals surface area contributed by atoms with E-state index in [1.807, 2.05) is 4.90 Å². The highest BCUT2D eigenvalue weighted by molar-refractivity contribution is 7.80. The zero-order valence-electron chi connectivity index (χ0n) is 6.75. The molecule has 0 saturated carbocycles. The molecule has 1 heterocycles. The molecule has 1 saturated heterocycles. The first kappa shape index (κ1) is 8.91. The number of carbonyl (C=O) groups is 1. The standard InChI is InChI=1S/C8H15NOS/c10-8(4-3-7-11)9-5-1-2-6-9/h11H,1-7H2. The van der Waals surface area contributed by atoms with Crippen molar-refractivity contribution in [1.82, 2.24) is 4.90 Å². The van der Waals surface area contributed by atoms with Crippen LogP contribution >= 0.6 is 12.6 Å². The highest BCUT2D eigenvalue weighted by Gasteiger charge is 2.16. The fraction of sp³-hybridized carbons (Fsp3) is 0.875. The third kappa shape index (κ3) is 2.73. The van der Waals surface area contributed by atoms with Gasteiger partial charge in [-0.25, -0.2) is 0 Å². The van der Waals surface area contributed by atoms with E-state index in [0.717, 1.165) is 25.3 Å². The fourth-order valence-electron chi connectivity index (χ4n) is 1.35. The summed E-state index contributed by atoms with van der Waals surface area (Å²) in [5, 5.41) is 0. The van der Waals surface area contributed by atoms with E-state index in [0.29, 0.717) is 12.3 Å². The van der Waals surface area contributed by atoms with Gasteiger partial charge in [0.1, 0.15) is 0 Å².